The van der Waals surface area contributed by atoms with E-state index in [1.54, 1.807) is 26.4 Å². The van der Waals surface area contributed by atoms with Crippen molar-refractivity contribution in [1.29, 1.82) is 0 Å². The van der Waals surface area contributed by atoms with E-state index in [1.807, 2.05) is 116 Å². The number of benzene rings is 8. The number of carbonyl (C=O) groups excluding carboxylic acids is 2. The molecule has 8 aromatic carbocycles. The maximum atomic E-state index is 13.0. The van der Waals surface area contributed by atoms with Crippen molar-refractivity contribution in [3.05, 3.63) is 228 Å². The van der Waals surface area contributed by atoms with E-state index in [0.29, 0.717) is 11.4 Å². The molecule has 11 N–H and O–H groups in total. The number of nitrogen functional groups attached to an aromatic ring is 4. The average Bonchev–Trinajstić information content (AvgIpc) is 1.74. The second kappa shape index (κ2) is 28.0. The van der Waals surface area contributed by atoms with Gasteiger partial charge in [-0.25, -0.2) is 0 Å². The maximum absolute atomic E-state index is 13.0. The number of nitrogens with zero attached hydrogens (tertiary/aromatic N) is 2. The molecule has 0 fully saturated rings. The molecular formula is C75H87N9O5. The number of esters is 2. The van der Waals surface area contributed by atoms with Crippen LogP contribution in [0, 0.1) is 0 Å². The van der Waals surface area contributed by atoms with E-state index in [9.17, 15) is 9.59 Å². The van der Waals surface area contributed by atoms with Gasteiger partial charge in [-0.15, -0.1) is 0 Å². The van der Waals surface area contributed by atoms with Crippen molar-refractivity contribution in [3.8, 4) is 5.75 Å². The summed E-state index contributed by atoms with van der Waals surface area (Å²) in [5.74, 6) is -0.586. The molecule has 462 valence electrons. The van der Waals surface area contributed by atoms with Crippen LogP contribution in [-0.2, 0) is 29.9 Å². The molecule has 3 aliphatic heterocycles. The molecule has 14 nitrogen and oxygen atoms in total. The van der Waals surface area contributed by atoms with Gasteiger partial charge in [0.05, 0.1) is 18.9 Å². The number of nitrogens with two attached hydrogens (primary N) is 4. The molecule has 2 atom stereocenters. The largest absolute Gasteiger partial charge is 0.461 e. The Balaban J connectivity index is 0.000000358. The van der Waals surface area contributed by atoms with Crippen LogP contribution in [0.4, 0.5) is 51.2 Å². The third kappa shape index (κ3) is 14.4. The third-order valence-corrected chi connectivity index (χ3v) is 17.0. The lowest BCUT2D eigenvalue weighted by atomic mass is 9.80. The first-order chi connectivity index (χ1) is 42.8. The van der Waals surface area contributed by atoms with E-state index >= 15 is 0 Å². The first kappa shape index (κ1) is 63.8. The monoisotopic (exact) mass is 1190 g/mol. The number of rotatable bonds is 13. The van der Waals surface area contributed by atoms with Gasteiger partial charge in [0, 0.05) is 122 Å². The predicted molar refractivity (Wildman–Crippen MR) is 371 cm³/mol. The number of carbonyl (C=O) groups is 2. The van der Waals surface area contributed by atoms with Crippen molar-refractivity contribution >= 4 is 84.7 Å². The Morgan fingerprint density at radius 2 is 1.19 bits per heavy atom. The summed E-state index contributed by atoms with van der Waals surface area (Å²) in [6, 6.07) is 56.0. The number of likely N-dealkylation sites (N-methyl/N-ethyl adjacent to an activating group) is 2. The summed E-state index contributed by atoms with van der Waals surface area (Å²) in [5.41, 5.74) is 38.2. The van der Waals surface area contributed by atoms with Crippen LogP contribution in [0.1, 0.15) is 91.7 Å². The van der Waals surface area contributed by atoms with Crippen LogP contribution in [0.5, 0.6) is 5.75 Å². The number of anilines is 9. The predicted octanol–water partition coefficient (Wildman–Crippen LogP) is 15.7. The number of allylic oxidation sites excluding steroid dienone is 6. The molecule has 1 aliphatic carbocycles. The van der Waals surface area contributed by atoms with E-state index in [0.717, 1.165) is 93.7 Å². The van der Waals surface area contributed by atoms with Crippen LogP contribution in [0.3, 0.4) is 0 Å². The van der Waals surface area contributed by atoms with E-state index in [-0.39, 0.29) is 36.3 Å². The lowest BCUT2D eigenvalue weighted by Gasteiger charge is -2.38. The van der Waals surface area contributed by atoms with Gasteiger partial charge >= 0.3 is 11.9 Å². The van der Waals surface area contributed by atoms with Crippen LogP contribution < -0.4 is 53.4 Å². The quantitative estimate of drug-likeness (QED) is 0.0326. The lowest BCUT2D eigenvalue weighted by Crippen LogP contribution is -2.49. The number of ether oxygens (including phenoxy) is 3. The maximum Gasteiger partial charge on any atom is 0.311 e. The number of nitrogens with one attached hydrogen (secondary N) is 3. The van der Waals surface area contributed by atoms with Crippen LogP contribution in [0.2, 0.25) is 0 Å². The van der Waals surface area contributed by atoms with Gasteiger partial charge in [-0.3, -0.25) is 9.59 Å². The normalized spacial score (nSPS) is 18.3. The van der Waals surface area contributed by atoms with Gasteiger partial charge < -0.3 is 62.9 Å². The zero-order chi connectivity index (χ0) is 63.5. The number of fused-ring (bicyclic) bond motifs is 3. The molecule has 2 unspecified atom stereocenters. The van der Waals surface area contributed by atoms with E-state index in [4.69, 9.17) is 32.4 Å². The third-order valence-electron chi connectivity index (χ3n) is 17.0. The number of hydrogen-bond donors (Lipinski definition) is 7. The fraction of sp³-hybridized carbons (Fsp3) is 0.280. The smallest absolute Gasteiger partial charge is 0.311 e. The summed E-state index contributed by atoms with van der Waals surface area (Å²) in [4.78, 5) is 30.9. The first-order valence-corrected chi connectivity index (χ1v) is 30.7. The lowest BCUT2D eigenvalue weighted by molar-refractivity contribution is -0.147. The number of hydrogen-bond acceptors (Lipinski definition) is 14. The Morgan fingerprint density at radius 1 is 0.618 bits per heavy atom. The van der Waals surface area contributed by atoms with Crippen LogP contribution in [-0.4, -0.2) is 57.6 Å². The molecule has 0 bridgehead atoms. The summed E-state index contributed by atoms with van der Waals surface area (Å²) in [6.45, 7) is 17.6. The SMILES string of the molecule is CCN1/C(=C/C=C2\CCCC(/C=C/C3N(CC)c4ccccc4C3(C)C)=C2Nc2ccc(OC(=O)CCC(=O)OCC3(C)Nc4cccc5c(N)ccc(c45)N3)cc2)C(C)(C)c2ccccc21.COC.Nc1ccc(N)c2ccccc12.Nc1ccccc1. The fourth-order valence-electron chi connectivity index (χ4n) is 12.5. The van der Waals surface area contributed by atoms with Gasteiger partial charge in [-0.1, -0.05) is 137 Å². The Bertz CT molecular complexity index is 3890. The van der Waals surface area contributed by atoms with Crippen molar-refractivity contribution in [1.82, 2.24) is 0 Å². The highest BCUT2D eigenvalue weighted by Crippen LogP contribution is 2.49. The summed E-state index contributed by atoms with van der Waals surface area (Å²) in [7, 11) is 3.25. The van der Waals surface area contributed by atoms with Gasteiger partial charge in [0.25, 0.3) is 0 Å². The molecule has 14 heteroatoms. The summed E-state index contributed by atoms with van der Waals surface area (Å²) < 4.78 is 15.6. The highest BCUT2D eigenvalue weighted by molar-refractivity contribution is 6.10. The Morgan fingerprint density at radius 3 is 1.83 bits per heavy atom. The van der Waals surface area contributed by atoms with Crippen molar-refractivity contribution < 1.29 is 23.8 Å². The Kier molecular flexibility index (Phi) is 20.1. The van der Waals surface area contributed by atoms with E-state index in [1.165, 1.54) is 39.3 Å². The van der Waals surface area contributed by atoms with Crippen LogP contribution in [0.15, 0.2) is 217 Å². The molecular weight excluding hydrogens is 1110 g/mol. The van der Waals surface area contributed by atoms with Gasteiger partial charge in [0.1, 0.15) is 18.0 Å². The molecule has 0 aromatic heterocycles. The van der Waals surface area contributed by atoms with Gasteiger partial charge in [-0.05, 0) is 147 Å². The molecule has 0 radical (unpaired) electrons. The van der Waals surface area contributed by atoms with E-state index < -0.39 is 17.6 Å². The van der Waals surface area contributed by atoms with Gasteiger partial charge in [0.2, 0.25) is 0 Å². The molecule has 3 heterocycles. The van der Waals surface area contributed by atoms with Gasteiger partial charge in [0.15, 0.2) is 0 Å². The number of para-hydroxylation sites is 3. The van der Waals surface area contributed by atoms with Crippen molar-refractivity contribution in [2.24, 2.45) is 0 Å². The Labute approximate surface area is 525 Å². The van der Waals surface area contributed by atoms with Crippen molar-refractivity contribution in [2.75, 3.05) is 82.6 Å². The molecule has 12 rings (SSSR count). The molecule has 4 aliphatic rings. The molecule has 0 saturated heterocycles. The highest BCUT2D eigenvalue weighted by atomic mass is 16.5. The molecule has 0 spiro atoms. The molecule has 89 heavy (non-hydrogen) atoms. The minimum atomic E-state index is -0.757. The second-order valence-electron chi connectivity index (χ2n) is 24.1. The standard InChI is InChI=1S/C57H64N6O4.C10H10N2.C6H7N.C2H6O/c1-8-62-47-22-12-10-19-42(47)55(3,4)49(62)32-24-37-16-14-17-38(25-33-50-56(5,6)43-20-11-13-23-48(43)63(50)9-2)54(37)59-39-26-28-40(29-27-39)67-52(65)35-34-51(64)66-36-57(7)60-45-21-15-18-41-44(58)30-31-46(61-57)53(41)45;11-9-5-6-10(12)8-4-2-1-3-7(8)9;7-6-4-2-1-3-5-6;1-3-2/h10-13,15,18-33,49,59-61H,8-9,14,16-17,34-36,58H2,1-7H3;1-6H,11-12H2;1-5H,7H2;1-2H3/b32-24+,38-25+,50-33+;;;. The zero-order valence-electron chi connectivity index (χ0n) is 53.0. The minimum absolute atomic E-state index is 0.0469. The second-order valence-corrected chi connectivity index (χ2v) is 24.1. The van der Waals surface area contributed by atoms with Crippen LogP contribution in [0.25, 0.3) is 21.5 Å². The highest BCUT2D eigenvalue weighted by Gasteiger charge is 2.43. The summed E-state index contributed by atoms with van der Waals surface area (Å²) >= 11 is 0. The molecule has 0 amide bonds. The van der Waals surface area contributed by atoms with E-state index in [2.05, 4.69) is 145 Å². The summed E-state index contributed by atoms with van der Waals surface area (Å²) in [5, 5.41) is 14.7. The minimum Gasteiger partial charge on any atom is -0.461 e. The average molecular weight is 1190 g/mol. The molecule has 8 aromatic rings. The van der Waals surface area contributed by atoms with Crippen molar-refractivity contribution in [2.45, 2.75) is 103 Å². The topological polar surface area (TPSA) is 208 Å². The zero-order valence-corrected chi connectivity index (χ0v) is 53.0. The Hall–Kier alpha value is -9.66. The first-order valence-electron chi connectivity index (χ1n) is 30.7. The van der Waals surface area contributed by atoms with Crippen molar-refractivity contribution in [3.63, 3.8) is 0 Å². The summed E-state index contributed by atoms with van der Waals surface area (Å²) in [6.07, 6.45) is 12.1. The fourth-order valence-corrected chi connectivity index (χ4v) is 12.5. The van der Waals surface area contributed by atoms with Crippen LogP contribution >= 0.6 is 0 Å². The molecule has 0 saturated carbocycles. The number of methoxy groups -OCH3 is 1. The van der Waals surface area contributed by atoms with Gasteiger partial charge in [-0.2, -0.15) is 0 Å².